The number of hydrogen-bond donors (Lipinski definition) is 2. The van der Waals surface area contributed by atoms with Crippen LogP contribution in [-0.4, -0.2) is 52.8 Å². The predicted octanol–water partition coefficient (Wildman–Crippen LogP) is 0.630. The molecule has 2 aliphatic carbocycles. The molecule has 10 nitrogen and oxygen atoms in total. The standard InChI is InChI=1S/C10H14O5.C9H10N2O3/c1-14-9(12)8(10(13)15-2)6-4-3-5-7(6)11;12-6-3-1-2-5(6)7-8(13)10-4-11-9(7)14/h6,8H,3-5H2,1-2H3;4-5H,1-3H2,(H2,10,11,13,14). The number of ether oxygens (including phenoxy) is 2. The molecule has 0 aliphatic heterocycles. The second-order valence-corrected chi connectivity index (χ2v) is 6.87. The van der Waals surface area contributed by atoms with Crippen molar-refractivity contribution in [1.29, 1.82) is 0 Å². The van der Waals surface area contributed by atoms with Crippen molar-refractivity contribution < 1.29 is 33.8 Å². The minimum Gasteiger partial charge on any atom is -0.493 e. The van der Waals surface area contributed by atoms with Crippen molar-refractivity contribution >= 4 is 23.5 Å². The Morgan fingerprint density at radius 3 is 2.10 bits per heavy atom. The Morgan fingerprint density at radius 1 is 1.07 bits per heavy atom. The van der Waals surface area contributed by atoms with Gasteiger partial charge >= 0.3 is 11.9 Å². The lowest BCUT2D eigenvalue weighted by atomic mass is 9.90. The number of nitrogens with zero attached hydrogens (tertiary/aromatic N) is 1. The summed E-state index contributed by atoms with van der Waals surface area (Å²) in [5, 5.41) is 9.39. The first-order valence-corrected chi connectivity index (χ1v) is 9.29. The van der Waals surface area contributed by atoms with E-state index in [-0.39, 0.29) is 23.0 Å². The summed E-state index contributed by atoms with van der Waals surface area (Å²) in [4.78, 5) is 62.9. The minimum atomic E-state index is -1.09. The Labute approximate surface area is 166 Å². The molecular formula is C19H24N2O8. The number of rotatable bonds is 4. The van der Waals surface area contributed by atoms with E-state index in [4.69, 9.17) is 0 Å². The fourth-order valence-corrected chi connectivity index (χ4v) is 3.71. The van der Waals surface area contributed by atoms with Crippen molar-refractivity contribution in [1.82, 2.24) is 9.97 Å². The van der Waals surface area contributed by atoms with Crippen molar-refractivity contribution in [3.05, 3.63) is 22.2 Å². The molecule has 2 N–H and O–H groups in total. The van der Waals surface area contributed by atoms with Crippen molar-refractivity contribution in [2.24, 2.45) is 11.8 Å². The Kier molecular flexibility index (Phi) is 7.63. The molecule has 2 atom stereocenters. The van der Waals surface area contributed by atoms with E-state index in [2.05, 4.69) is 19.4 Å². The van der Waals surface area contributed by atoms with Crippen LogP contribution in [0.4, 0.5) is 0 Å². The summed E-state index contributed by atoms with van der Waals surface area (Å²) < 4.78 is 9.01. The van der Waals surface area contributed by atoms with Crippen molar-refractivity contribution in [3.8, 4) is 5.88 Å². The smallest absolute Gasteiger partial charge is 0.320 e. The highest BCUT2D eigenvalue weighted by molar-refractivity contribution is 6.01. The molecule has 0 saturated heterocycles. The van der Waals surface area contributed by atoms with Gasteiger partial charge in [-0.2, -0.15) is 0 Å². The number of carbonyl (C=O) groups excluding carboxylic acids is 4. The van der Waals surface area contributed by atoms with E-state index in [1.807, 2.05) is 0 Å². The third-order valence-corrected chi connectivity index (χ3v) is 5.19. The van der Waals surface area contributed by atoms with Crippen LogP contribution < -0.4 is 5.56 Å². The zero-order chi connectivity index (χ0) is 21.6. The van der Waals surface area contributed by atoms with Gasteiger partial charge < -0.3 is 19.6 Å². The predicted molar refractivity (Wildman–Crippen MR) is 98.0 cm³/mol. The molecule has 2 saturated carbocycles. The third kappa shape index (κ3) is 5.07. The molecule has 3 rings (SSSR count). The summed E-state index contributed by atoms with van der Waals surface area (Å²) in [6, 6.07) is 0. The van der Waals surface area contributed by atoms with Crippen LogP contribution in [0.3, 0.4) is 0 Å². The number of H-pyrrole nitrogens is 1. The average molecular weight is 408 g/mol. The molecule has 0 radical (unpaired) electrons. The molecule has 2 fully saturated rings. The monoisotopic (exact) mass is 408 g/mol. The van der Waals surface area contributed by atoms with Gasteiger partial charge in [-0.1, -0.05) is 0 Å². The summed E-state index contributed by atoms with van der Waals surface area (Å²) >= 11 is 0. The number of aromatic nitrogens is 2. The van der Waals surface area contributed by atoms with Gasteiger partial charge in [0.25, 0.3) is 5.56 Å². The molecule has 1 aromatic rings. The zero-order valence-electron chi connectivity index (χ0n) is 16.3. The minimum absolute atomic E-state index is 0.0128. The molecule has 2 unspecified atom stereocenters. The van der Waals surface area contributed by atoms with Gasteiger partial charge in [-0.3, -0.25) is 24.0 Å². The summed E-state index contributed by atoms with van der Waals surface area (Å²) in [7, 11) is 2.38. The second kappa shape index (κ2) is 9.94. The summed E-state index contributed by atoms with van der Waals surface area (Å²) in [6.07, 6.45) is 4.70. The van der Waals surface area contributed by atoms with Crippen LogP contribution >= 0.6 is 0 Å². The number of carbonyl (C=O) groups is 4. The Morgan fingerprint density at radius 2 is 1.66 bits per heavy atom. The first-order chi connectivity index (χ1) is 13.8. The molecule has 0 bridgehead atoms. The van der Waals surface area contributed by atoms with Gasteiger partial charge in [0.05, 0.1) is 32.0 Å². The molecule has 2 aliphatic rings. The van der Waals surface area contributed by atoms with Crippen molar-refractivity contribution in [2.45, 2.75) is 44.4 Å². The van der Waals surface area contributed by atoms with Crippen LogP contribution in [0, 0.1) is 11.8 Å². The Hall–Kier alpha value is -3.04. The SMILES string of the molecule is COC(=O)C(C(=O)OC)C1CCCC1=O.O=C1CCCC1c1c(O)nc[nH]c1=O. The number of ketones is 2. The molecule has 1 aromatic heterocycles. The summed E-state index contributed by atoms with van der Waals surface area (Å²) in [5.41, 5.74) is -0.298. The van der Waals surface area contributed by atoms with Crippen LogP contribution in [-0.2, 0) is 28.7 Å². The van der Waals surface area contributed by atoms with E-state index in [1.165, 1.54) is 14.2 Å². The maximum absolute atomic E-state index is 11.4. The van der Waals surface area contributed by atoms with Crippen LogP contribution in [0.2, 0.25) is 0 Å². The number of nitrogens with one attached hydrogen (secondary N) is 1. The molecule has 0 spiro atoms. The van der Waals surface area contributed by atoms with E-state index in [1.54, 1.807) is 0 Å². The van der Waals surface area contributed by atoms with E-state index in [0.717, 1.165) is 12.7 Å². The Bertz CT molecular complexity index is 831. The number of esters is 2. The highest BCUT2D eigenvalue weighted by Crippen LogP contribution is 2.32. The maximum atomic E-state index is 11.4. The first kappa shape index (κ1) is 22.3. The number of hydrogen-bond acceptors (Lipinski definition) is 9. The molecule has 10 heteroatoms. The van der Waals surface area contributed by atoms with Gasteiger partial charge in [-0.25, -0.2) is 4.98 Å². The second-order valence-electron chi connectivity index (χ2n) is 6.87. The van der Waals surface area contributed by atoms with E-state index < -0.39 is 35.3 Å². The molecular weight excluding hydrogens is 384 g/mol. The third-order valence-electron chi connectivity index (χ3n) is 5.19. The van der Waals surface area contributed by atoms with Crippen LogP contribution in [0.15, 0.2) is 11.1 Å². The van der Waals surface area contributed by atoms with E-state index in [0.29, 0.717) is 32.1 Å². The number of methoxy groups -OCH3 is 2. The first-order valence-electron chi connectivity index (χ1n) is 9.29. The largest absolute Gasteiger partial charge is 0.493 e. The fourth-order valence-electron chi connectivity index (χ4n) is 3.71. The molecule has 0 amide bonds. The van der Waals surface area contributed by atoms with E-state index >= 15 is 0 Å². The van der Waals surface area contributed by atoms with Gasteiger partial charge in [-0.05, 0) is 25.7 Å². The molecule has 29 heavy (non-hydrogen) atoms. The van der Waals surface area contributed by atoms with Crippen LogP contribution in [0.25, 0.3) is 0 Å². The lowest BCUT2D eigenvalue weighted by molar-refractivity contribution is -0.163. The highest BCUT2D eigenvalue weighted by Gasteiger charge is 2.42. The zero-order valence-corrected chi connectivity index (χ0v) is 16.3. The molecule has 0 aromatic carbocycles. The molecule has 1 heterocycles. The lowest BCUT2D eigenvalue weighted by Gasteiger charge is -2.17. The van der Waals surface area contributed by atoms with Crippen LogP contribution in [0.1, 0.15) is 50.0 Å². The van der Waals surface area contributed by atoms with Crippen molar-refractivity contribution in [2.75, 3.05) is 14.2 Å². The highest BCUT2D eigenvalue weighted by atomic mass is 16.5. The van der Waals surface area contributed by atoms with Crippen LogP contribution in [0.5, 0.6) is 5.88 Å². The van der Waals surface area contributed by atoms with Gasteiger partial charge in [0, 0.05) is 18.8 Å². The Balaban J connectivity index is 0.000000207. The van der Waals surface area contributed by atoms with Crippen molar-refractivity contribution in [3.63, 3.8) is 0 Å². The summed E-state index contributed by atoms with van der Waals surface area (Å²) in [5.74, 6) is -3.87. The number of aromatic amines is 1. The van der Waals surface area contributed by atoms with Gasteiger partial charge in [0.2, 0.25) is 5.88 Å². The van der Waals surface area contributed by atoms with E-state index in [9.17, 15) is 29.1 Å². The normalized spacial score (nSPS) is 20.9. The van der Waals surface area contributed by atoms with Gasteiger partial charge in [-0.15, -0.1) is 0 Å². The summed E-state index contributed by atoms with van der Waals surface area (Å²) in [6.45, 7) is 0. The maximum Gasteiger partial charge on any atom is 0.320 e. The topological polar surface area (TPSA) is 153 Å². The van der Waals surface area contributed by atoms with Gasteiger partial charge in [0.15, 0.2) is 5.92 Å². The fraction of sp³-hybridized carbons (Fsp3) is 0.579. The average Bonchev–Trinajstić information content (AvgIpc) is 3.31. The quantitative estimate of drug-likeness (QED) is 0.539. The molecule has 158 valence electrons. The number of Topliss-reactive ketones (excluding diaryl/α,β-unsaturated/α-hetero) is 2. The number of aromatic hydroxyl groups is 1. The van der Waals surface area contributed by atoms with Gasteiger partial charge in [0.1, 0.15) is 11.6 Å². The lowest BCUT2D eigenvalue weighted by Crippen LogP contribution is -2.35.